The third-order valence-corrected chi connectivity index (χ3v) is 4.51. The van der Waals surface area contributed by atoms with Crippen LogP contribution in [0.4, 0.5) is 0 Å². The first-order valence-electron chi connectivity index (χ1n) is 6.63. The second kappa shape index (κ2) is 7.30. The molecule has 104 valence electrons. The van der Waals surface area contributed by atoms with Crippen LogP contribution in [0.3, 0.4) is 0 Å². The van der Waals surface area contributed by atoms with Crippen LogP contribution in [-0.4, -0.2) is 17.6 Å². The van der Waals surface area contributed by atoms with Gasteiger partial charge in [0.15, 0.2) is 0 Å². The lowest BCUT2D eigenvalue weighted by molar-refractivity contribution is 0.244. The first kappa shape index (κ1) is 14.9. The van der Waals surface area contributed by atoms with E-state index in [4.69, 9.17) is 9.05 Å². The van der Waals surface area contributed by atoms with Crippen molar-refractivity contribution in [1.82, 2.24) is 4.34 Å². The number of aromatic nitrogens is 1. The lowest BCUT2D eigenvalue weighted by atomic mass is 10.2. The van der Waals surface area contributed by atoms with Gasteiger partial charge in [0.1, 0.15) is 0 Å². The molecule has 0 unspecified atom stereocenters. The van der Waals surface area contributed by atoms with E-state index in [1.807, 2.05) is 18.3 Å². The van der Waals surface area contributed by atoms with E-state index < -0.39 is 8.53 Å². The van der Waals surface area contributed by atoms with Crippen LogP contribution in [0, 0.1) is 0 Å². The number of nitrogens with zero attached hydrogens (tertiary/aromatic N) is 1. The topological polar surface area (TPSA) is 23.4 Å². The van der Waals surface area contributed by atoms with E-state index in [0.29, 0.717) is 13.2 Å². The van der Waals surface area contributed by atoms with E-state index in [1.165, 1.54) is 0 Å². The van der Waals surface area contributed by atoms with Crippen molar-refractivity contribution in [1.29, 1.82) is 0 Å². The van der Waals surface area contributed by atoms with Gasteiger partial charge in [0.05, 0.1) is 18.7 Å². The Labute approximate surface area is 121 Å². The van der Waals surface area contributed by atoms with Crippen LogP contribution in [0.2, 0.25) is 0 Å². The number of thiol groups is 1. The van der Waals surface area contributed by atoms with Gasteiger partial charge in [0, 0.05) is 16.5 Å². The summed E-state index contributed by atoms with van der Waals surface area (Å²) in [4.78, 5) is 0.961. The Kier molecular flexibility index (Phi) is 5.71. The molecule has 0 aliphatic heterocycles. The van der Waals surface area contributed by atoms with Crippen molar-refractivity contribution >= 4 is 32.1 Å². The number of benzene rings is 1. The van der Waals surface area contributed by atoms with Crippen molar-refractivity contribution in [2.75, 3.05) is 13.2 Å². The summed E-state index contributed by atoms with van der Waals surface area (Å²) in [6.07, 6.45) is 3.98. The zero-order chi connectivity index (χ0) is 13.7. The molecule has 0 N–H and O–H groups in total. The zero-order valence-corrected chi connectivity index (χ0v) is 13.2. The smallest absolute Gasteiger partial charge is 0.294 e. The Hall–Kier alpha value is -0.540. The summed E-state index contributed by atoms with van der Waals surface area (Å²) >= 11 is 4.53. The van der Waals surface area contributed by atoms with Gasteiger partial charge in [-0.15, -0.1) is 12.6 Å². The van der Waals surface area contributed by atoms with E-state index in [9.17, 15) is 0 Å². The minimum absolute atomic E-state index is 0.712. The van der Waals surface area contributed by atoms with Gasteiger partial charge in [0.2, 0.25) is 0 Å². The number of hydrogen-bond acceptors (Lipinski definition) is 3. The number of rotatable bonds is 7. The van der Waals surface area contributed by atoms with Gasteiger partial charge in [-0.1, -0.05) is 32.0 Å². The molecule has 1 aromatic carbocycles. The fraction of sp³-hybridized carbons (Fsp3) is 0.429. The van der Waals surface area contributed by atoms with E-state index in [-0.39, 0.29) is 0 Å². The molecule has 19 heavy (non-hydrogen) atoms. The number of para-hydroxylation sites is 1. The molecule has 2 rings (SSSR count). The molecule has 5 heteroatoms. The van der Waals surface area contributed by atoms with Gasteiger partial charge in [-0.3, -0.25) is 4.34 Å². The average Bonchev–Trinajstić information content (AvgIpc) is 2.77. The molecule has 0 atom stereocenters. The molecule has 0 fully saturated rings. The van der Waals surface area contributed by atoms with Gasteiger partial charge in [0.25, 0.3) is 8.53 Å². The molecule has 0 bridgehead atoms. The van der Waals surface area contributed by atoms with Crippen LogP contribution in [-0.2, 0) is 9.05 Å². The largest absolute Gasteiger partial charge is 0.317 e. The Morgan fingerprint density at radius 2 is 1.74 bits per heavy atom. The first-order chi connectivity index (χ1) is 9.27. The van der Waals surface area contributed by atoms with Gasteiger partial charge < -0.3 is 9.05 Å². The van der Waals surface area contributed by atoms with Crippen LogP contribution in [0.1, 0.15) is 26.7 Å². The third kappa shape index (κ3) is 3.51. The van der Waals surface area contributed by atoms with Crippen molar-refractivity contribution in [3.8, 4) is 0 Å². The average molecular weight is 297 g/mol. The van der Waals surface area contributed by atoms with Crippen molar-refractivity contribution in [3.63, 3.8) is 0 Å². The molecule has 0 aliphatic carbocycles. The van der Waals surface area contributed by atoms with Crippen LogP contribution in [0.15, 0.2) is 35.4 Å². The molecule has 0 spiro atoms. The molecule has 3 nitrogen and oxygen atoms in total. The third-order valence-electron chi connectivity index (χ3n) is 2.66. The summed E-state index contributed by atoms with van der Waals surface area (Å²) in [7, 11) is -1.08. The highest BCUT2D eigenvalue weighted by Gasteiger charge is 2.17. The molecule has 0 aliphatic rings. The number of fused-ring (bicyclic) bond motifs is 1. The normalized spacial score (nSPS) is 11.6. The molecule has 0 saturated heterocycles. The second-order valence-corrected chi connectivity index (χ2v) is 6.19. The lowest BCUT2D eigenvalue weighted by Gasteiger charge is -2.18. The zero-order valence-electron chi connectivity index (χ0n) is 11.4. The second-order valence-electron chi connectivity index (χ2n) is 4.28. The van der Waals surface area contributed by atoms with E-state index in [0.717, 1.165) is 28.6 Å². The van der Waals surface area contributed by atoms with Gasteiger partial charge >= 0.3 is 0 Å². The highest BCUT2D eigenvalue weighted by Crippen LogP contribution is 2.44. The maximum absolute atomic E-state index is 5.87. The van der Waals surface area contributed by atoms with Crippen LogP contribution >= 0.6 is 21.2 Å². The summed E-state index contributed by atoms with van der Waals surface area (Å²) in [5, 5.41) is 1.14. The minimum Gasteiger partial charge on any atom is -0.317 e. The van der Waals surface area contributed by atoms with E-state index in [2.05, 4.69) is 42.9 Å². The van der Waals surface area contributed by atoms with Crippen LogP contribution in [0.5, 0.6) is 0 Å². The fourth-order valence-corrected chi connectivity index (χ4v) is 3.74. The minimum atomic E-state index is -1.08. The Balaban J connectivity index is 2.31. The van der Waals surface area contributed by atoms with Crippen LogP contribution < -0.4 is 0 Å². The molecule has 2 aromatic rings. The quantitative estimate of drug-likeness (QED) is 0.583. The highest BCUT2D eigenvalue weighted by atomic mass is 32.1. The molecule has 1 heterocycles. The predicted octanol–water partition coefficient (Wildman–Crippen LogP) is 4.86. The Bertz CT molecular complexity index is 521. The summed E-state index contributed by atoms with van der Waals surface area (Å²) < 4.78 is 13.8. The number of hydrogen-bond donors (Lipinski definition) is 1. The van der Waals surface area contributed by atoms with Crippen LogP contribution in [0.25, 0.3) is 10.9 Å². The monoisotopic (exact) mass is 297 g/mol. The van der Waals surface area contributed by atoms with E-state index >= 15 is 0 Å². The van der Waals surface area contributed by atoms with Gasteiger partial charge in [-0.25, -0.2) is 0 Å². The highest BCUT2D eigenvalue weighted by molar-refractivity contribution is 7.80. The lowest BCUT2D eigenvalue weighted by Crippen LogP contribution is -2.01. The summed E-state index contributed by atoms with van der Waals surface area (Å²) in [6.45, 7) is 5.63. The standard InChI is InChI=1S/C14H20NO2PS/c1-3-9-16-18(17-10-4-2)15-11-14(19)12-7-5-6-8-13(12)15/h5-8,11,19H,3-4,9-10H2,1-2H3. The summed E-state index contributed by atoms with van der Waals surface area (Å²) in [5.41, 5.74) is 1.12. The molecule has 0 radical (unpaired) electrons. The fourth-order valence-electron chi connectivity index (χ4n) is 1.78. The molecular formula is C14H20NO2PS. The van der Waals surface area contributed by atoms with E-state index in [1.54, 1.807) is 0 Å². The SMILES string of the molecule is CCCOP(OCCC)n1cc(S)c2ccccc21. The predicted molar refractivity (Wildman–Crippen MR) is 84.0 cm³/mol. The van der Waals surface area contributed by atoms with Crippen molar-refractivity contribution in [3.05, 3.63) is 30.5 Å². The molecule has 1 aromatic heterocycles. The molecule has 0 amide bonds. The van der Waals surface area contributed by atoms with Crippen molar-refractivity contribution in [2.24, 2.45) is 0 Å². The Morgan fingerprint density at radius 3 is 2.37 bits per heavy atom. The van der Waals surface area contributed by atoms with Crippen molar-refractivity contribution < 1.29 is 9.05 Å². The van der Waals surface area contributed by atoms with Gasteiger partial charge in [-0.2, -0.15) is 0 Å². The maximum atomic E-state index is 5.87. The summed E-state index contributed by atoms with van der Waals surface area (Å²) in [5.74, 6) is 0. The molecular weight excluding hydrogens is 277 g/mol. The Morgan fingerprint density at radius 1 is 1.11 bits per heavy atom. The summed E-state index contributed by atoms with van der Waals surface area (Å²) in [6, 6.07) is 8.20. The maximum Gasteiger partial charge on any atom is 0.294 e. The van der Waals surface area contributed by atoms with Gasteiger partial charge in [-0.05, 0) is 18.9 Å². The van der Waals surface area contributed by atoms with Crippen molar-refractivity contribution in [2.45, 2.75) is 31.6 Å². The first-order valence-corrected chi connectivity index (χ1v) is 8.21. The molecule has 0 saturated carbocycles.